The molecule has 132 valence electrons. The lowest BCUT2D eigenvalue weighted by Crippen LogP contribution is -2.29. The van der Waals surface area contributed by atoms with Gasteiger partial charge < -0.3 is 9.88 Å². The lowest BCUT2D eigenvalue weighted by atomic mass is 10.1. The Morgan fingerprint density at radius 1 is 1.20 bits per heavy atom. The number of rotatable bonds is 6. The zero-order chi connectivity index (χ0) is 18.0. The number of hydrogen-bond donors (Lipinski definition) is 2. The zero-order valence-corrected chi connectivity index (χ0v) is 14.7. The molecule has 0 saturated heterocycles. The van der Waals surface area contributed by atoms with Crippen LogP contribution in [-0.4, -0.2) is 25.6 Å². The van der Waals surface area contributed by atoms with Crippen molar-refractivity contribution in [2.75, 3.05) is 11.9 Å². The van der Waals surface area contributed by atoms with Crippen LogP contribution >= 0.6 is 0 Å². The predicted molar refractivity (Wildman–Crippen MR) is 99.1 cm³/mol. The van der Waals surface area contributed by atoms with Crippen LogP contribution in [-0.2, 0) is 20.0 Å². The molecule has 0 fully saturated rings. The van der Waals surface area contributed by atoms with E-state index in [1.807, 2.05) is 22.8 Å². The van der Waals surface area contributed by atoms with Crippen LogP contribution in [0, 0.1) is 5.92 Å². The highest BCUT2D eigenvalue weighted by molar-refractivity contribution is 5.74. The first-order valence-electron chi connectivity index (χ1n) is 8.44. The van der Waals surface area contributed by atoms with Crippen LogP contribution in [0.15, 0.2) is 39.9 Å². The van der Waals surface area contributed by atoms with Crippen LogP contribution in [0.4, 0.5) is 5.95 Å². The number of nitrogens with one attached hydrogen (secondary N) is 2. The Kier molecular flexibility index (Phi) is 4.74. The largest absolute Gasteiger partial charge is 0.355 e. The first kappa shape index (κ1) is 17.0. The van der Waals surface area contributed by atoms with Crippen LogP contribution in [0.25, 0.3) is 11.2 Å². The van der Waals surface area contributed by atoms with Gasteiger partial charge >= 0.3 is 5.69 Å². The lowest BCUT2D eigenvalue weighted by molar-refractivity contribution is 0.535. The molecule has 2 aromatic heterocycles. The predicted octanol–water partition coefficient (Wildman–Crippen LogP) is 1.73. The molecule has 0 unspecified atom stereocenters. The van der Waals surface area contributed by atoms with E-state index in [0.717, 1.165) is 6.42 Å². The molecule has 0 aliphatic carbocycles. The average Bonchev–Trinajstić information content (AvgIpc) is 2.92. The molecular weight excluding hydrogens is 318 g/mol. The molecule has 0 spiro atoms. The minimum absolute atomic E-state index is 0.337. The molecular formula is C18H23N5O2. The molecule has 0 amide bonds. The van der Waals surface area contributed by atoms with E-state index in [-0.39, 0.29) is 0 Å². The molecule has 0 radical (unpaired) electrons. The fourth-order valence-corrected chi connectivity index (χ4v) is 2.88. The number of fused-ring (bicyclic) bond motifs is 1. The molecule has 0 bridgehead atoms. The number of imidazole rings is 1. The van der Waals surface area contributed by atoms with Gasteiger partial charge in [-0.25, -0.2) is 4.79 Å². The van der Waals surface area contributed by atoms with Gasteiger partial charge in [-0.2, -0.15) is 4.98 Å². The van der Waals surface area contributed by atoms with Crippen LogP contribution in [0.1, 0.15) is 19.4 Å². The van der Waals surface area contributed by atoms with Crippen molar-refractivity contribution >= 4 is 17.1 Å². The highest BCUT2D eigenvalue weighted by Crippen LogP contribution is 2.17. The number of aryl methyl sites for hydroxylation is 1. The minimum Gasteiger partial charge on any atom is -0.355 e. The Bertz CT molecular complexity index is 982. The maximum Gasteiger partial charge on any atom is 0.329 e. The molecule has 0 aliphatic rings. The maximum absolute atomic E-state index is 12.3. The normalized spacial score (nSPS) is 11.4. The van der Waals surface area contributed by atoms with Crippen molar-refractivity contribution in [2.45, 2.75) is 26.8 Å². The summed E-state index contributed by atoms with van der Waals surface area (Å²) in [7, 11) is 1.61. The van der Waals surface area contributed by atoms with E-state index in [2.05, 4.69) is 41.3 Å². The van der Waals surface area contributed by atoms with Gasteiger partial charge in [0.05, 0.1) is 0 Å². The second-order valence-electron chi connectivity index (χ2n) is 6.59. The van der Waals surface area contributed by atoms with E-state index >= 15 is 0 Å². The summed E-state index contributed by atoms with van der Waals surface area (Å²) in [5.41, 5.74) is 1.20. The van der Waals surface area contributed by atoms with Gasteiger partial charge in [-0.05, 0) is 17.9 Å². The van der Waals surface area contributed by atoms with Gasteiger partial charge in [-0.1, -0.05) is 44.2 Å². The van der Waals surface area contributed by atoms with Crippen LogP contribution in [0.5, 0.6) is 0 Å². The van der Waals surface area contributed by atoms with Gasteiger partial charge in [0.25, 0.3) is 5.56 Å². The molecule has 3 aromatic rings. The van der Waals surface area contributed by atoms with E-state index in [4.69, 9.17) is 0 Å². The number of benzene rings is 1. The SMILES string of the molecule is CC(C)Cn1c(NCCc2ccccc2)nc2c1c(=O)[nH]c(=O)n2C. The van der Waals surface area contributed by atoms with Crippen LogP contribution in [0.2, 0.25) is 0 Å². The maximum atomic E-state index is 12.3. The lowest BCUT2D eigenvalue weighted by Gasteiger charge is -2.12. The third kappa shape index (κ3) is 3.50. The molecule has 0 atom stereocenters. The Hall–Kier alpha value is -2.83. The summed E-state index contributed by atoms with van der Waals surface area (Å²) in [6.07, 6.45) is 0.848. The number of H-pyrrole nitrogens is 1. The number of aromatic amines is 1. The summed E-state index contributed by atoms with van der Waals surface area (Å²) in [4.78, 5) is 31.0. The van der Waals surface area contributed by atoms with E-state index in [1.165, 1.54) is 10.1 Å². The number of aromatic nitrogens is 4. The van der Waals surface area contributed by atoms with E-state index < -0.39 is 11.2 Å². The molecule has 3 rings (SSSR count). The van der Waals surface area contributed by atoms with Crippen molar-refractivity contribution in [3.63, 3.8) is 0 Å². The monoisotopic (exact) mass is 341 g/mol. The summed E-state index contributed by atoms with van der Waals surface area (Å²) in [5, 5.41) is 3.31. The average molecular weight is 341 g/mol. The standard InChI is InChI=1S/C18H23N5O2/c1-12(2)11-23-14-15(22(3)18(25)21-16(14)24)20-17(23)19-10-9-13-7-5-4-6-8-13/h4-8,12H,9-11H2,1-3H3,(H,19,20)(H,21,24,25). The van der Waals surface area contributed by atoms with Gasteiger partial charge in [0, 0.05) is 20.1 Å². The first-order chi connectivity index (χ1) is 12.0. The summed E-state index contributed by atoms with van der Waals surface area (Å²) in [5.74, 6) is 0.954. The van der Waals surface area contributed by atoms with Crippen LogP contribution in [0.3, 0.4) is 0 Å². The Morgan fingerprint density at radius 2 is 1.92 bits per heavy atom. The molecule has 25 heavy (non-hydrogen) atoms. The third-order valence-corrected chi connectivity index (χ3v) is 4.09. The van der Waals surface area contributed by atoms with Crippen molar-refractivity contribution < 1.29 is 0 Å². The highest BCUT2D eigenvalue weighted by atomic mass is 16.2. The smallest absolute Gasteiger partial charge is 0.329 e. The molecule has 0 saturated carbocycles. The zero-order valence-electron chi connectivity index (χ0n) is 14.7. The Morgan fingerprint density at radius 3 is 2.60 bits per heavy atom. The third-order valence-electron chi connectivity index (χ3n) is 4.09. The van der Waals surface area contributed by atoms with Crippen LogP contribution < -0.4 is 16.6 Å². The van der Waals surface area contributed by atoms with Crippen molar-refractivity contribution in [2.24, 2.45) is 13.0 Å². The van der Waals surface area contributed by atoms with Gasteiger partial charge in [0.2, 0.25) is 5.95 Å². The summed E-state index contributed by atoms with van der Waals surface area (Å²) >= 11 is 0. The van der Waals surface area contributed by atoms with Gasteiger partial charge in [0.15, 0.2) is 11.2 Å². The second-order valence-corrected chi connectivity index (χ2v) is 6.59. The summed E-state index contributed by atoms with van der Waals surface area (Å²) < 4.78 is 3.24. The molecule has 1 aromatic carbocycles. The quantitative estimate of drug-likeness (QED) is 0.715. The van der Waals surface area contributed by atoms with Gasteiger partial charge in [0.1, 0.15) is 0 Å². The Balaban J connectivity index is 1.96. The van der Waals surface area contributed by atoms with Crippen molar-refractivity contribution in [1.29, 1.82) is 0 Å². The summed E-state index contributed by atoms with van der Waals surface area (Å²) in [6.45, 7) is 5.49. The topological polar surface area (TPSA) is 84.7 Å². The number of hydrogen-bond acceptors (Lipinski definition) is 4. The molecule has 2 heterocycles. The molecule has 2 N–H and O–H groups in total. The second kappa shape index (κ2) is 6.96. The molecule has 7 heteroatoms. The molecule has 0 aliphatic heterocycles. The summed E-state index contributed by atoms with van der Waals surface area (Å²) in [6, 6.07) is 10.2. The fourth-order valence-electron chi connectivity index (χ4n) is 2.88. The Labute approximate surface area is 145 Å². The van der Waals surface area contributed by atoms with E-state index in [0.29, 0.717) is 36.1 Å². The number of nitrogens with zero attached hydrogens (tertiary/aromatic N) is 3. The first-order valence-corrected chi connectivity index (χ1v) is 8.44. The van der Waals surface area contributed by atoms with Gasteiger partial charge in [-0.15, -0.1) is 0 Å². The number of anilines is 1. The molecule has 7 nitrogen and oxygen atoms in total. The van der Waals surface area contributed by atoms with Gasteiger partial charge in [-0.3, -0.25) is 14.3 Å². The highest BCUT2D eigenvalue weighted by Gasteiger charge is 2.17. The van der Waals surface area contributed by atoms with Crippen molar-refractivity contribution in [3.05, 3.63) is 56.7 Å². The van der Waals surface area contributed by atoms with Crippen molar-refractivity contribution in [3.8, 4) is 0 Å². The van der Waals surface area contributed by atoms with E-state index in [1.54, 1.807) is 7.05 Å². The fraction of sp³-hybridized carbons (Fsp3) is 0.389. The van der Waals surface area contributed by atoms with Crippen molar-refractivity contribution in [1.82, 2.24) is 19.1 Å². The minimum atomic E-state index is -0.456. The van der Waals surface area contributed by atoms with E-state index in [9.17, 15) is 9.59 Å².